The van der Waals surface area contributed by atoms with Crippen LogP contribution in [0.5, 0.6) is 5.75 Å². The van der Waals surface area contributed by atoms with Crippen molar-refractivity contribution in [1.82, 2.24) is 10.3 Å². The topological polar surface area (TPSA) is 34.1 Å². The molecule has 3 heteroatoms. The molecule has 2 aromatic rings. The predicted molar refractivity (Wildman–Crippen MR) is 93.5 cm³/mol. The molecule has 120 valence electrons. The highest BCUT2D eigenvalue weighted by molar-refractivity contribution is 5.84. The van der Waals surface area contributed by atoms with Crippen LogP contribution in [0.3, 0.4) is 0 Å². The van der Waals surface area contributed by atoms with E-state index >= 15 is 0 Å². The Bertz CT molecular complexity index is 642. The fourth-order valence-electron chi connectivity index (χ4n) is 2.43. The van der Waals surface area contributed by atoms with Gasteiger partial charge in [-0.05, 0) is 42.3 Å². The summed E-state index contributed by atoms with van der Waals surface area (Å²) in [5, 5.41) is 4.71. The van der Waals surface area contributed by atoms with Crippen LogP contribution in [-0.4, -0.2) is 18.6 Å². The molecule has 3 nitrogen and oxygen atoms in total. The number of fused-ring (bicyclic) bond motifs is 1. The van der Waals surface area contributed by atoms with Crippen LogP contribution in [0.25, 0.3) is 10.9 Å². The fourth-order valence-corrected chi connectivity index (χ4v) is 2.43. The summed E-state index contributed by atoms with van der Waals surface area (Å²) in [6, 6.07) is 8.35. The van der Waals surface area contributed by atoms with Gasteiger partial charge in [0.25, 0.3) is 0 Å². The molecular weight excluding hydrogens is 272 g/mol. The van der Waals surface area contributed by atoms with Crippen molar-refractivity contribution in [3.8, 4) is 5.75 Å². The molecule has 0 atom stereocenters. The van der Waals surface area contributed by atoms with Gasteiger partial charge in [0.1, 0.15) is 5.75 Å². The van der Waals surface area contributed by atoms with Gasteiger partial charge in [-0.25, -0.2) is 0 Å². The highest BCUT2D eigenvalue weighted by atomic mass is 16.5. The van der Waals surface area contributed by atoms with Crippen molar-refractivity contribution in [2.45, 2.75) is 46.6 Å². The predicted octanol–water partition coefficient (Wildman–Crippen LogP) is 4.29. The third kappa shape index (κ3) is 3.98. The lowest BCUT2D eigenvalue weighted by Gasteiger charge is -2.20. The molecule has 0 aliphatic carbocycles. The second-order valence-electron chi connectivity index (χ2n) is 7.32. The number of methoxy groups -OCH3 is 1. The molecule has 22 heavy (non-hydrogen) atoms. The molecule has 0 amide bonds. The minimum Gasteiger partial charge on any atom is -0.497 e. The number of rotatable bonds is 5. The van der Waals surface area contributed by atoms with E-state index in [4.69, 9.17) is 9.72 Å². The summed E-state index contributed by atoms with van der Waals surface area (Å²) in [4.78, 5) is 4.84. The van der Waals surface area contributed by atoms with Gasteiger partial charge in [-0.1, -0.05) is 34.6 Å². The summed E-state index contributed by atoms with van der Waals surface area (Å²) >= 11 is 0. The van der Waals surface area contributed by atoms with Crippen LogP contribution in [0.15, 0.2) is 24.3 Å². The van der Waals surface area contributed by atoms with E-state index in [-0.39, 0.29) is 5.41 Å². The van der Waals surface area contributed by atoms with Crippen molar-refractivity contribution in [1.29, 1.82) is 0 Å². The molecule has 1 N–H and O–H groups in total. The van der Waals surface area contributed by atoms with Crippen molar-refractivity contribution < 1.29 is 4.74 Å². The molecule has 0 spiro atoms. The summed E-state index contributed by atoms with van der Waals surface area (Å²) in [5.74, 6) is 1.52. The van der Waals surface area contributed by atoms with Crippen LogP contribution in [0.1, 0.15) is 45.9 Å². The van der Waals surface area contributed by atoms with Crippen LogP contribution < -0.4 is 10.1 Å². The molecular formula is C19H28N2O. The van der Waals surface area contributed by atoms with Crippen LogP contribution in [0.4, 0.5) is 0 Å². The van der Waals surface area contributed by atoms with E-state index in [1.165, 1.54) is 10.9 Å². The Balaban J connectivity index is 2.47. The van der Waals surface area contributed by atoms with Gasteiger partial charge in [0.05, 0.1) is 12.6 Å². The number of nitrogens with one attached hydrogen (secondary N) is 1. The lowest BCUT2D eigenvalue weighted by atomic mass is 9.89. The average Bonchev–Trinajstić information content (AvgIpc) is 2.45. The van der Waals surface area contributed by atoms with Crippen molar-refractivity contribution in [3.05, 3.63) is 35.5 Å². The van der Waals surface area contributed by atoms with Gasteiger partial charge in [-0.3, -0.25) is 4.98 Å². The van der Waals surface area contributed by atoms with E-state index in [1.807, 2.05) is 6.07 Å². The first-order chi connectivity index (χ1) is 10.3. The molecule has 1 aromatic heterocycles. The van der Waals surface area contributed by atoms with E-state index in [9.17, 15) is 0 Å². The van der Waals surface area contributed by atoms with Gasteiger partial charge < -0.3 is 10.1 Å². The molecule has 0 aliphatic heterocycles. The molecule has 0 saturated carbocycles. The molecule has 0 aliphatic rings. The Labute approximate surface area is 134 Å². The number of nitrogens with zero attached hydrogens (tertiary/aromatic N) is 1. The Morgan fingerprint density at radius 2 is 1.91 bits per heavy atom. The third-order valence-corrected chi connectivity index (χ3v) is 3.74. The minimum absolute atomic E-state index is 0.0426. The van der Waals surface area contributed by atoms with Crippen molar-refractivity contribution in [2.75, 3.05) is 13.7 Å². The number of aromatic nitrogens is 1. The molecule has 1 aromatic carbocycles. The van der Waals surface area contributed by atoms with E-state index in [1.54, 1.807) is 7.11 Å². The molecule has 0 saturated heterocycles. The zero-order valence-electron chi connectivity index (χ0n) is 14.7. The van der Waals surface area contributed by atoms with Gasteiger partial charge in [0, 0.05) is 23.0 Å². The molecule has 2 rings (SSSR count). The van der Waals surface area contributed by atoms with Gasteiger partial charge in [0.2, 0.25) is 0 Å². The van der Waals surface area contributed by atoms with Crippen molar-refractivity contribution >= 4 is 10.9 Å². The smallest absolute Gasteiger partial charge is 0.119 e. The highest BCUT2D eigenvalue weighted by Gasteiger charge is 2.18. The van der Waals surface area contributed by atoms with Gasteiger partial charge in [-0.15, -0.1) is 0 Å². The zero-order valence-corrected chi connectivity index (χ0v) is 14.7. The molecule has 1 heterocycles. The number of pyridine rings is 1. The third-order valence-electron chi connectivity index (χ3n) is 3.74. The maximum Gasteiger partial charge on any atom is 0.119 e. The van der Waals surface area contributed by atoms with Crippen LogP contribution >= 0.6 is 0 Å². The quantitative estimate of drug-likeness (QED) is 0.894. The number of ether oxygens (including phenoxy) is 1. The molecule has 0 radical (unpaired) electrons. The summed E-state index contributed by atoms with van der Waals surface area (Å²) in [7, 11) is 1.70. The second kappa shape index (κ2) is 6.66. The minimum atomic E-state index is 0.0426. The Morgan fingerprint density at radius 3 is 2.50 bits per heavy atom. The van der Waals surface area contributed by atoms with E-state index < -0.39 is 0 Å². The monoisotopic (exact) mass is 300 g/mol. The van der Waals surface area contributed by atoms with Crippen molar-refractivity contribution in [3.63, 3.8) is 0 Å². The lowest BCUT2D eigenvalue weighted by molar-refractivity contribution is 0.415. The van der Waals surface area contributed by atoms with E-state index in [2.05, 4.69) is 58.1 Å². The fraction of sp³-hybridized carbons (Fsp3) is 0.526. The first kappa shape index (κ1) is 16.8. The molecule has 0 unspecified atom stereocenters. The second-order valence-corrected chi connectivity index (χ2v) is 7.32. The Hall–Kier alpha value is -1.61. The van der Waals surface area contributed by atoms with Gasteiger partial charge >= 0.3 is 0 Å². The largest absolute Gasteiger partial charge is 0.497 e. The number of hydrogen-bond acceptors (Lipinski definition) is 3. The summed E-state index contributed by atoms with van der Waals surface area (Å²) in [6.45, 7) is 12.9. The van der Waals surface area contributed by atoms with E-state index in [0.717, 1.165) is 30.0 Å². The SMILES string of the molecule is COc1ccc2nc(C(C)(C)C)cc(CNCC(C)C)c2c1. The summed E-state index contributed by atoms with van der Waals surface area (Å²) in [5.41, 5.74) is 3.50. The van der Waals surface area contributed by atoms with E-state index in [0.29, 0.717) is 5.92 Å². The maximum absolute atomic E-state index is 5.37. The van der Waals surface area contributed by atoms with Gasteiger partial charge in [0.15, 0.2) is 0 Å². The van der Waals surface area contributed by atoms with Crippen LogP contribution in [0.2, 0.25) is 0 Å². The summed E-state index contributed by atoms with van der Waals surface area (Å²) < 4.78 is 5.37. The Kier molecular flexibility index (Phi) is 5.07. The highest BCUT2D eigenvalue weighted by Crippen LogP contribution is 2.28. The number of hydrogen-bond donors (Lipinski definition) is 1. The lowest BCUT2D eigenvalue weighted by Crippen LogP contribution is -2.20. The van der Waals surface area contributed by atoms with Crippen LogP contribution in [-0.2, 0) is 12.0 Å². The first-order valence-corrected chi connectivity index (χ1v) is 8.00. The first-order valence-electron chi connectivity index (χ1n) is 8.00. The zero-order chi connectivity index (χ0) is 16.3. The molecule has 0 fully saturated rings. The standard InChI is InChI=1S/C19H28N2O/c1-13(2)11-20-12-14-9-18(19(3,4)5)21-17-8-7-15(22-6)10-16(14)17/h7-10,13,20H,11-12H2,1-6H3. The number of benzene rings is 1. The maximum atomic E-state index is 5.37. The van der Waals surface area contributed by atoms with Crippen molar-refractivity contribution in [2.24, 2.45) is 5.92 Å². The molecule has 0 bridgehead atoms. The summed E-state index contributed by atoms with van der Waals surface area (Å²) in [6.07, 6.45) is 0. The van der Waals surface area contributed by atoms with Crippen LogP contribution in [0, 0.1) is 5.92 Å². The van der Waals surface area contributed by atoms with Gasteiger partial charge in [-0.2, -0.15) is 0 Å². The normalized spacial score (nSPS) is 12.1. The Morgan fingerprint density at radius 1 is 1.18 bits per heavy atom. The average molecular weight is 300 g/mol.